The van der Waals surface area contributed by atoms with Crippen LogP contribution in [0.5, 0.6) is 11.5 Å². The molecule has 1 atom stereocenters. The van der Waals surface area contributed by atoms with E-state index in [-0.39, 0.29) is 17.4 Å². The average molecular weight is 389 g/mol. The minimum Gasteiger partial charge on any atom is -0.493 e. The van der Waals surface area contributed by atoms with Gasteiger partial charge in [0.2, 0.25) is 5.91 Å². The number of amides is 1. The average Bonchev–Trinajstić information content (AvgIpc) is 3.05. The maximum atomic E-state index is 12.2. The van der Waals surface area contributed by atoms with E-state index < -0.39 is 15.8 Å². The topological polar surface area (TPSA) is 81.7 Å². The van der Waals surface area contributed by atoms with Gasteiger partial charge in [-0.15, -0.1) is 0 Å². The summed E-state index contributed by atoms with van der Waals surface area (Å²) in [6.07, 6.45) is 0.393. The maximum Gasteiger partial charge on any atom is 0.224 e. The molecule has 0 aliphatic carbocycles. The Morgan fingerprint density at radius 1 is 1.11 bits per heavy atom. The Labute approximate surface area is 159 Å². The monoisotopic (exact) mass is 389 g/mol. The fourth-order valence-electron chi connectivity index (χ4n) is 3.01. The van der Waals surface area contributed by atoms with Crippen LogP contribution >= 0.6 is 0 Å². The van der Waals surface area contributed by atoms with Gasteiger partial charge in [-0.05, 0) is 29.7 Å². The molecule has 144 valence electrons. The van der Waals surface area contributed by atoms with Crippen LogP contribution < -0.4 is 14.8 Å². The third-order valence-corrected chi connectivity index (χ3v) is 6.30. The van der Waals surface area contributed by atoms with Gasteiger partial charge in [0.25, 0.3) is 0 Å². The molecule has 3 rings (SSSR count). The second-order valence-corrected chi connectivity index (χ2v) is 8.81. The summed E-state index contributed by atoms with van der Waals surface area (Å²) in [5, 5.41) is 2.81. The first-order chi connectivity index (χ1) is 13.0. The normalized spacial score (nSPS) is 18.0. The van der Waals surface area contributed by atoms with Crippen LogP contribution in [0.2, 0.25) is 0 Å². The Morgan fingerprint density at radius 2 is 1.89 bits per heavy atom. The van der Waals surface area contributed by atoms with Gasteiger partial charge in [-0.25, -0.2) is 8.42 Å². The van der Waals surface area contributed by atoms with Gasteiger partial charge in [0.1, 0.15) is 6.61 Å². The van der Waals surface area contributed by atoms with Gasteiger partial charge in [-0.2, -0.15) is 0 Å². The van der Waals surface area contributed by atoms with Crippen molar-refractivity contribution in [3.63, 3.8) is 0 Å². The number of hydrogen-bond acceptors (Lipinski definition) is 5. The van der Waals surface area contributed by atoms with E-state index >= 15 is 0 Å². The summed E-state index contributed by atoms with van der Waals surface area (Å²) in [6.45, 7) is 0.744. The van der Waals surface area contributed by atoms with Gasteiger partial charge in [0.05, 0.1) is 24.5 Å². The van der Waals surface area contributed by atoms with E-state index in [4.69, 9.17) is 9.47 Å². The Kier molecular flexibility index (Phi) is 6.01. The van der Waals surface area contributed by atoms with Crippen molar-refractivity contribution in [2.75, 3.05) is 18.6 Å². The van der Waals surface area contributed by atoms with Crippen molar-refractivity contribution in [2.45, 2.75) is 19.6 Å². The predicted molar refractivity (Wildman–Crippen MR) is 102 cm³/mol. The molecule has 7 heteroatoms. The van der Waals surface area contributed by atoms with Gasteiger partial charge in [0.15, 0.2) is 21.3 Å². The van der Waals surface area contributed by atoms with Crippen LogP contribution in [0.25, 0.3) is 0 Å². The number of rotatable bonds is 7. The summed E-state index contributed by atoms with van der Waals surface area (Å²) in [5.74, 6) is 0.560. The first kappa shape index (κ1) is 19.2. The van der Waals surface area contributed by atoms with Gasteiger partial charge < -0.3 is 14.8 Å². The molecule has 2 aromatic rings. The van der Waals surface area contributed by atoms with E-state index in [0.29, 0.717) is 31.1 Å². The summed E-state index contributed by atoms with van der Waals surface area (Å²) in [6, 6.07) is 15.3. The van der Waals surface area contributed by atoms with E-state index in [1.807, 2.05) is 48.5 Å². The molecule has 0 radical (unpaired) electrons. The number of hydrogen-bond donors (Lipinski definition) is 1. The third-order valence-electron chi connectivity index (χ3n) is 4.54. The van der Waals surface area contributed by atoms with Gasteiger partial charge in [-0.1, -0.05) is 36.4 Å². The van der Waals surface area contributed by atoms with Crippen LogP contribution in [0, 0.1) is 5.92 Å². The largest absolute Gasteiger partial charge is 0.493 e. The van der Waals surface area contributed by atoms with Crippen LogP contribution in [0.15, 0.2) is 48.5 Å². The summed E-state index contributed by atoms with van der Waals surface area (Å²) in [7, 11) is -1.50. The zero-order valence-electron chi connectivity index (χ0n) is 15.2. The predicted octanol–water partition coefficient (Wildman–Crippen LogP) is 2.33. The Balaban J connectivity index is 1.58. The van der Waals surface area contributed by atoms with Crippen molar-refractivity contribution in [1.82, 2.24) is 5.32 Å². The lowest BCUT2D eigenvalue weighted by atomic mass is 10.1. The number of carbonyl (C=O) groups excluding carboxylic acids is 1. The lowest BCUT2D eigenvalue weighted by Gasteiger charge is -2.13. The van der Waals surface area contributed by atoms with Gasteiger partial charge >= 0.3 is 0 Å². The lowest BCUT2D eigenvalue weighted by Crippen LogP contribution is -2.30. The highest BCUT2D eigenvalue weighted by Crippen LogP contribution is 2.29. The molecule has 1 N–H and O–H groups in total. The molecule has 1 heterocycles. The van der Waals surface area contributed by atoms with Crippen molar-refractivity contribution in [2.24, 2.45) is 5.92 Å². The zero-order valence-corrected chi connectivity index (χ0v) is 16.0. The first-order valence-electron chi connectivity index (χ1n) is 8.78. The van der Waals surface area contributed by atoms with Crippen molar-refractivity contribution in [1.29, 1.82) is 0 Å². The van der Waals surface area contributed by atoms with E-state index in [1.54, 1.807) is 7.11 Å². The van der Waals surface area contributed by atoms with E-state index in [0.717, 1.165) is 11.1 Å². The number of methoxy groups -OCH3 is 1. The van der Waals surface area contributed by atoms with E-state index in [9.17, 15) is 13.2 Å². The molecule has 0 spiro atoms. The number of carbonyl (C=O) groups is 1. The Morgan fingerprint density at radius 3 is 2.56 bits per heavy atom. The third kappa shape index (κ3) is 5.23. The number of benzene rings is 2. The molecule has 0 aromatic heterocycles. The lowest BCUT2D eigenvalue weighted by molar-refractivity contribution is -0.124. The van der Waals surface area contributed by atoms with Crippen molar-refractivity contribution in [3.05, 3.63) is 59.7 Å². The Bertz CT molecular complexity index is 896. The molecule has 1 saturated heterocycles. The first-order valence-corrected chi connectivity index (χ1v) is 10.6. The molecular formula is C20H23NO5S. The SMILES string of the molecule is COc1cc(CNC(=O)C2CCS(=O)(=O)C2)ccc1OCc1ccccc1. The van der Waals surface area contributed by atoms with Crippen LogP contribution in [0.1, 0.15) is 17.5 Å². The van der Waals surface area contributed by atoms with E-state index in [2.05, 4.69) is 5.32 Å². The molecule has 1 unspecified atom stereocenters. The van der Waals surface area contributed by atoms with Crippen molar-refractivity contribution in [3.8, 4) is 11.5 Å². The number of ether oxygens (including phenoxy) is 2. The van der Waals surface area contributed by atoms with E-state index in [1.165, 1.54) is 0 Å². The summed E-state index contributed by atoms with van der Waals surface area (Å²) in [4.78, 5) is 12.2. The van der Waals surface area contributed by atoms with Crippen molar-refractivity contribution < 1.29 is 22.7 Å². The second-order valence-electron chi connectivity index (χ2n) is 6.58. The summed E-state index contributed by atoms with van der Waals surface area (Å²) < 4.78 is 34.2. The van der Waals surface area contributed by atoms with Crippen LogP contribution in [-0.4, -0.2) is 32.9 Å². The molecule has 0 bridgehead atoms. The van der Waals surface area contributed by atoms with Gasteiger partial charge in [0, 0.05) is 6.54 Å². The zero-order chi connectivity index (χ0) is 19.3. The summed E-state index contributed by atoms with van der Waals surface area (Å²) >= 11 is 0. The number of nitrogens with one attached hydrogen (secondary N) is 1. The fourth-order valence-corrected chi connectivity index (χ4v) is 4.75. The highest BCUT2D eigenvalue weighted by Gasteiger charge is 2.32. The highest BCUT2D eigenvalue weighted by atomic mass is 32.2. The van der Waals surface area contributed by atoms with Crippen molar-refractivity contribution >= 4 is 15.7 Å². The molecule has 27 heavy (non-hydrogen) atoms. The quantitative estimate of drug-likeness (QED) is 0.786. The molecule has 1 aliphatic rings. The maximum absolute atomic E-state index is 12.2. The molecule has 1 aliphatic heterocycles. The van der Waals surface area contributed by atoms with Crippen LogP contribution in [0.4, 0.5) is 0 Å². The molecule has 1 amide bonds. The van der Waals surface area contributed by atoms with Gasteiger partial charge in [-0.3, -0.25) is 4.79 Å². The van der Waals surface area contributed by atoms with Crippen LogP contribution in [0.3, 0.4) is 0 Å². The molecule has 2 aromatic carbocycles. The molecular weight excluding hydrogens is 366 g/mol. The minimum absolute atomic E-state index is 0.0611. The second kappa shape index (κ2) is 8.43. The molecule has 0 saturated carbocycles. The molecule has 6 nitrogen and oxygen atoms in total. The number of sulfone groups is 1. The Hall–Kier alpha value is -2.54. The summed E-state index contributed by atoms with van der Waals surface area (Å²) in [5.41, 5.74) is 1.91. The fraction of sp³-hybridized carbons (Fsp3) is 0.350. The standard InChI is InChI=1S/C20H23NO5S/c1-25-19-11-16(12-21-20(22)17-9-10-27(23,24)14-17)7-8-18(19)26-13-15-5-3-2-4-6-15/h2-8,11,17H,9-10,12-14H2,1H3,(H,21,22). The molecule has 1 fully saturated rings. The smallest absolute Gasteiger partial charge is 0.224 e. The highest BCUT2D eigenvalue weighted by molar-refractivity contribution is 7.91. The van der Waals surface area contributed by atoms with Crippen LogP contribution in [-0.2, 0) is 27.8 Å². The minimum atomic E-state index is -3.07.